The van der Waals surface area contributed by atoms with Gasteiger partial charge < -0.3 is 9.67 Å². The molecule has 19 heavy (non-hydrogen) atoms. The highest BCUT2D eigenvalue weighted by atomic mass is 16.4. The monoisotopic (exact) mass is 258 g/mol. The molecule has 0 unspecified atom stereocenters. The summed E-state index contributed by atoms with van der Waals surface area (Å²) >= 11 is 0. The highest BCUT2D eigenvalue weighted by Gasteiger charge is 2.16. The molecule has 2 aromatic rings. The van der Waals surface area contributed by atoms with Crippen LogP contribution in [0.4, 0.5) is 0 Å². The van der Waals surface area contributed by atoms with Crippen molar-refractivity contribution in [2.75, 3.05) is 0 Å². The second kappa shape index (κ2) is 4.88. The van der Waals surface area contributed by atoms with Crippen molar-refractivity contribution in [3.8, 4) is 0 Å². The van der Waals surface area contributed by atoms with E-state index < -0.39 is 5.97 Å². The first-order valence-corrected chi connectivity index (χ1v) is 6.22. The van der Waals surface area contributed by atoms with Crippen molar-refractivity contribution < 1.29 is 9.90 Å². The maximum atomic E-state index is 11.3. The Kier molecular flexibility index (Phi) is 3.42. The van der Waals surface area contributed by atoms with Gasteiger partial charge in [-0.3, -0.25) is 0 Å². The minimum absolute atomic E-state index is 0.263. The summed E-state index contributed by atoms with van der Waals surface area (Å²) in [6.07, 6.45) is 1.59. The van der Waals surface area contributed by atoms with E-state index in [0.29, 0.717) is 12.2 Å². The molecule has 0 saturated heterocycles. The number of aryl methyl sites for hydroxylation is 4. The summed E-state index contributed by atoms with van der Waals surface area (Å²) in [7, 11) is 0. The third-order valence-electron chi connectivity index (χ3n) is 3.39. The maximum Gasteiger partial charge on any atom is 0.354 e. The summed E-state index contributed by atoms with van der Waals surface area (Å²) in [6.45, 7) is 8.43. The average molecular weight is 258 g/mol. The van der Waals surface area contributed by atoms with Crippen molar-refractivity contribution in [3.63, 3.8) is 0 Å². The van der Waals surface area contributed by atoms with Crippen LogP contribution < -0.4 is 0 Å². The fraction of sp³-hybridized carbons (Fsp3) is 0.333. The highest BCUT2D eigenvalue weighted by Crippen LogP contribution is 2.19. The Labute approximate surface area is 112 Å². The van der Waals surface area contributed by atoms with Gasteiger partial charge in [0.05, 0.1) is 12.0 Å². The van der Waals surface area contributed by atoms with E-state index >= 15 is 0 Å². The molecule has 0 bridgehead atoms. The van der Waals surface area contributed by atoms with Gasteiger partial charge in [-0.25, -0.2) is 9.78 Å². The second-order valence-corrected chi connectivity index (χ2v) is 4.99. The Bertz CT molecular complexity index is 619. The number of nitrogens with zero attached hydrogens (tertiary/aromatic N) is 2. The molecule has 100 valence electrons. The summed E-state index contributed by atoms with van der Waals surface area (Å²) < 4.78 is 1.70. The minimum Gasteiger partial charge on any atom is -0.477 e. The fourth-order valence-corrected chi connectivity index (χ4v) is 2.51. The van der Waals surface area contributed by atoms with E-state index in [1.807, 2.05) is 0 Å². The number of carboxylic acids is 1. The third-order valence-corrected chi connectivity index (χ3v) is 3.39. The molecule has 0 aliphatic heterocycles. The molecular formula is C15H18N2O2. The molecule has 4 nitrogen and oxygen atoms in total. The molecule has 2 rings (SSSR count). The molecule has 0 atom stereocenters. The van der Waals surface area contributed by atoms with E-state index in [2.05, 4.69) is 37.9 Å². The number of rotatable bonds is 3. The lowest BCUT2D eigenvalue weighted by Crippen LogP contribution is -2.11. The van der Waals surface area contributed by atoms with Crippen molar-refractivity contribution >= 4 is 5.97 Å². The van der Waals surface area contributed by atoms with Crippen LogP contribution in [0.25, 0.3) is 0 Å². The van der Waals surface area contributed by atoms with Gasteiger partial charge in [-0.1, -0.05) is 17.7 Å². The first-order valence-electron chi connectivity index (χ1n) is 6.22. The molecule has 1 aromatic carbocycles. The summed E-state index contributed by atoms with van der Waals surface area (Å²) in [4.78, 5) is 15.4. The quantitative estimate of drug-likeness (QED) is 0.921. The molecule has 1 aromatic heterocycles. The van der Waals surface area contributed by atoms with E-state index in [9.17, 15) is 9.90 Å². The summed E-state index contributed by atoms with van der Waals surface area (Å²) in [5.41, 5.74) is 5.55. The molecule has 0 aliphatic carbocycles. The van der Waals surface area contributed by atoms with Gasteiger partial charge in [0.25, 0.3) is 0 Å². The van der Waals surface area contributed by atoms with Gasteiger partial charge in [-0.2, -0.15) is 0 Å². The fourth-order valence-electron chi connectivity index (χ4n) is 2.51. The van der Waals surface area contributed by atoms with Crippen LogP contribution in [0.1, 0.15) is 38.4 Å². The Hall–Kier alpha value is -2.10. The van der Waals surface area contributed by atoms with Crippen molar-refractivity contribution in [2.24, 2.45) is 0 Å². The lowest BCUT2D eigenvalue weighted by Gasteiger charge is -2.13. The molecule has 1 heterocycles. The van der Waals surface area contributed by atoms with Crippen LogP contribution in [0.15, 0.2) is 18.5 Å². The zero-order valence-corrected chi connectivity index (χ0v) is 11.7. The lowest BCUT2D eigenvalue weighted by atomic mass is 10.00. The van der Waals surface area contributed by atoms with Gasteiger partial charge >= 0.3 is 5.97 Å². The minimum atomic E-state index is -0.933. The summed E-state index contributed by atoms with van der Waals surface area (Å²) in [6, 6.07) is 4.24. The summed E-state index contributed by atoms with van der Waals surface area (Å²) in [5, 5.41) is 9.24. The van der Waals surface area contributed by atoms with Crippen molar-refractivity contribution in [2.45, 2.75) is 34.2 Å². The molecule has 1 N–H and O–H groups in total. The molecule has 4 heteroatoms. The van der Waals surface area contributed by atoms with Crippen LogP contribution in [0.3, 0.4) is 0 Å². The average Bonchev–Trinajstić information content (AvgIpc) is 2.64. The van der Waals surface area contributed by atoms with Crippen LogP contribution in [-0.2, 0) is 6.54 Å². The first kappa shape index (κ1) is 13.3. The smallest absolute Gasteiger partial charge is 0.354 e. The number of carbonyl (C=O) groups is 1. The molecule has 0 spiro atoms. The third kappa shape index (κ3) is 2.52. The van der Waals surface area contributed by atoms with E-state index in [0.717, 1.165) is 5.56 Å². The molecule has 0 fully saturated rings. The number of aromatic carboxylic acids is 1. The topological polar surface area (TPSA) is 55.1 Å². The van der Waals surface area contributed by atoms with Crippen LogP contribution in [0, 0.1) is 27.7 Å². The second-order valence-electron chi connectivity index (χ2n) is 4.99. The predicted molar refractivity (Wildman–Crippen MR) is 73.7 cm³/mol. The van der Waals surface area contributed by atoms with Crippen LogP contribution in [-0.4, -0.2) is 20.6 Å². The Morgan fingerprint density at radius 2 is 1.79 bits per heavy atom. The van der Waals surface area contributed by atoms with Crippen molar-refractivity contribution in [1.82, 2.24) is 9.55 Å². The zero-order valence-electron chi connectivity index (χ0n) is 11.7. The van der Waals surface area contributed by atoms with E-state index in [1.54, 1.807) is 17.8 Å². The lowest BCUT2D eigenvalue weighted by molar-refractivity contribution is 0.0684. The number of benzene rings is 1. The molecule has 0 amide bonds. The SMILES string of the molecule is Cc1cc(C)c(Cn2cnc(C)c2C(=O)O)c(C)c1. The zero-order chi connectivity index (χ0) is 14.2. The number of carboxylic acid groups (broad SMARTS) is 1. The Morgan fingerprint density at radius 3 is 2.32 bits per heavy atom. The maximum absolute atomic E-state index is 11.3. The Morgan fingerprint density at radius 1 is 1.21 bits per heavy atom. The summed E-state index contributed by atoms with van der Waals surface area (Å²) in [5.74, 6) is -0.933. The van der Waals surface area contributed by atoms with Crippen LogP contribution in [0.2, 0.25) is 0 Å². The van der Waals surface area contributed by atoms with E-state index in [-0.39, 0.29) is 5.69 Å². The Balaban J connectivity index is 2.45. The van der Waals surface area contributed by atoms with Gasteiger partial charge in [0.1, 0.15) is 5.69 Å². The molecular weight excluding hydrogens is 240 g/mol. The van der Waals surface area contributed by atoms with Gasteiger partial charge in [-0.15, -0.1) is 0 Å². The number of imidazole rings is 1. The standard InChI is InChI=1S/C15H18N2O2/c1-9-5-10(2)13(11(3)6-9)7-17-8-16-12(4)14(17)15(18)19/h5-6,8H,7H2,1-4H3,(H,18,19). The highest BCUT2D eigenvalue weighted by molar-refractivity contribution is 5.87. The van der Waals surface area contributed by atoms with Crippen LogP contribution >= 0.6 is 0 Å². The predicted octanol–water partition coefficient (Wildman–Crippen LogP) is 2.86. The van der Waals surface area contributed by atoms with E-state index in [4.69, 9.17) is 0 Å². The molecule has 0 radical (unpaired) electrons. The van der Waals surface area contributed by atoms with Crippen molar-refractivity contribution in [3.05, 3.63) is 52.1 Å². The number of hydrogen-bond acceptors (Lipinski definition) is 2. The van der Waals surface area contributed by atoms with Gasteiger partial charge in [-0.05, 0) is 44.4 Å². The number of aromatic nitrogens is 2. The normalized spacial score (nSPS) is 10.7. The molecule has 0 aliphatic rings. The van der Waals surface area contributed by atoms with Gasteiger partial charge in [0.2, 0.25) is 0 Å². The largest absolute Gasteiger partial charge is 0.477 e. The van der Waals surface area contributed by atoms with Crippen LogP contribution in [0.5, 0.6) is 0 Å². The number of hydrogen-bond donors (Lipinski definition) is 1. The molecule has 0 saturated carbocycles. The first-order chi connectivity index (χ1) is 8.90. The van der Waals surface area contributed by atoms with Crippen molar-refractivity contribution in [1.29, 1.82) is 0 Å². The van der Waals surface area contributed by atoms with E-state index in [1.165, 1.54) is 16.7 Å². The van der Waals surface area contributed by atoms with Gasteiger partial charge in [0, 0.05) is 6.54 Å². The van der Waals surface area contributed by atoms with Gasteiger partial charge in [0.15, 0.2) is 0 Å².